The molecule has 0 aliphatic carbocycles. The lowest BCUT2D eigenvalue weighted by Crippen LogP contribution is -2.51. The summed E-state index contributed by atoms with van der Waals surface area (Å²) in [4.78, 5) is 27.6. The number of carbonyl (C=O) groups is 2. The SMILES string of the molecule is CC(C)C(C)NC(=O)C1CCN(C(=O)C2CCCN2S(=O)(=O)c2ccccc2)CC1. The van der Waals surface area contributed by atoms with Gasteiger partial charge in [-0.3, -0.25) is 9.59 Å². The first kappa shape index (κ1) is 22.7. The molecule has 1 aromatic carbocycles. The first-order valence-electron chi connectivity index (χ1n) is 10.9. The molecule has 2 amide bonds. The zero-order valence-electron chi connectivity index (χ0n) is 18.1. The number of nitrogens with one attached hydrogen (secondary N) is 1. The Balaban J connectivity index is 1.61. The van der Waals surface area contributed by atoms with Crippen molar-refractivity contribution >= 4 is 21.8 Å². The van der Waals surface area contributed by atoms with Gasteiger partial charge in [0.2, 0.25) is 21.8 Å². The molecule has 166 valence electrons. The maximum absolute atomic E-state index is 13.2. The fourth-order valence-electron chi connectivity index (χ4n) is 4.08. The Morgan fingerprint density at radius 2 is 1.63 bits per heavy atom. The van der Waals surface area contributed by atoms with Gasteiger partial charge >= 0.3 is 0 Å². The first-order chi connectivity index (χ1) is 14.2. The number of carbonyl (C=O) groups excluding carboxylic acids is 2. The van der Waals surface area contributed by atoms with Crippen LogP contribution in [0.2, 0.25) is 0 Å². The van der Waals surface area contributed by atoms with Gasteiger partial charge in [0.05, 0.1) is 4.90 Å². The van der Waals surface area contributed by atoms with Crippen LogP contribution in [0.25, 0.3) is 0 Å². The van der Waals surface area contributed by atoms with Crippen molar-refractivity contribution in [1.29, 1.82) is 0 Å². The van der Waals surface area contributed by atoms with Gasteiger partial charge in [-0.2, -0.15) is 4.31 Å². The molecule has 2 atom stereocenters. The number of hydrogen-bond acceptors (Lipinski definition) is 4. The van der Waals surface area contributed by atoms with Crippen LogP contribution in [0.3, 0.4) is 0 Å². The van der Waals surface area contributed by atoms with Crippen molar-refractivity contribution in [2.24, 2.45) is 11.8 Å². The molecule has 2 aliphatic rings. The third-order valence-electron chi connectivity index (χ3n) is 6.39. The molecule has 2 heterocycles. The Kier molecular flexibility index (Phi) is 7.18. The first-order valence-corrected chi connectivity index (χ1v) is 12.3. The van der Waals surface area contributed by atoms with Gasteiger partial charge in [-0.25, -0.2) is 8.42 Å². The van der Waals surface area contributed by atoms with Crippen LogP contribution in [0, 0.1) is 11.8 Å². The number of hydrogen-bond donors (Lipinski definition) is 1. The molecule has 0 aromatic heterocycles. The van der Waals surface area contributed by atoms with Gasteiger partial charge in [0, 0.05) is 31.6 Å². The van der Waals surface area contributed by atoms with Crippen molar-refractivity contribution in [2.75, 3.05) is 19.6 Å². The Bertz CT molecular complexity index is 848. The highest BCUT2D eigenvalue weighted by atomic mass is 32.2. The predicted octanol–water partition coefficient (Wildman–Crippen LogP) is 2.24. The lowest BCUT2D eigenvalue weighted by Gasteiger charge is -2.35. The predicted molar refractivity (Wildman–Crippen MR) is 115 cm³/mol. The van der Waals surface area contributed by atoms with Gasteiger partial charge in [-0.1, -0.05) is 32.0 Å². The van der Waals surface area contributed by atoms with Gasteiger partial charge < -0.3 is 10.2 Å². The Morgan fingerprint density at radius 1 is 1.00 bits per heavy atom. The molecule has 2 unspecified atom stereocenters. The van der Waals surface area contributed by atoms with E-state index in [0.29, 0.717) is 51.2 Å². The van der Waals surface area contributed by atoms with E-state index in [1.54, 1.807) is 35.2 Å². The molecule has 0 radical (unpaired) electrons. The van der Waals surface area contributed by atoms with Crippen LogP contribution in [0.1, 0.15) is 46.5 Å². The maximum atomic E-state index is 13.2. The van der Waals surface area contributed by atoms with Crippen molar-refractivity contribution in [3.05, 3.63) is 30.3 Å². The monoisotopic (exact) mass is 435 g/mol. The van der Waals surface area contributed by atoms with E-state index in [-0.39, 0.29) is 28.7 Å². The van der Waals surface area contributed by atoms with Crippen molar-refractivity contribution < 1.29 is 18.0 Å². The van der Waals surface area contributed by atoms with E-state index < -0.39 is 16.1 Å². The average molecular weight is 436 g/mol. The summed E-state index contributed by atoms with van der Waals surface area (Å²) in [5.41, 5.74) is 0. The van der Waals surface area contributed by atoms with Gasteiger partial charge in [0.15, 0.2) is 0 Å². The summed E-state index contributed by atoms with van der Waals surface area (Å²) in [7, 11) is -3.70. The number of nitrogens with zero attached hydrogens (tertiary/aromatic N) is 2. The van der Waals surface area contributed by atoms with Crippen LogP contribution in [0.15, 0.2) is 35.2 Å². The molecule has 2 aliphatic heterocycles. The van der Waals surface area contributed by atoms with E-state index in [1.165, 1.54) is 4.31 Å². The van der Waals surface area contributed by atoms with E-state index in [2.05, 4.69) is 19.2 Å². The van der Waals surface area contributed by atoms with Gasteiger partial charge in [0.25, 0.3) is 0 Å². The largest absolute Gasteiger partial charge is 0.353 e. The molecule has 30 heavy (non-hydrogen) atoms. The minimum atomic E-state index is -3.70. The lowest BCUT2D eigenvalue weighted by atomic mass is 9.94. The van der Waals surface area contributed by atoms with Crippen LogP contribution >= 0.6 is 0 Å². The van der Waals surface area contributed by atoms with Gasteiger partial charge in [-0.15, -0.1) is 0 Å². The Labute approximate surface area is 179 Å². The number of sulfonamides is 1. The molecule has 0 saturated carbocycles. The minimum Gasteiger partial charge on any atom is -0.353 e. The number of amides is 2. The summed E-state index contributed by atoms with van der Waals surface area (Å²) >= 11 is 0. The van der Waals surface area contributed by atoms with Crippen LogP contribution in [-0.4, -0.2) is 61.2 Å². The second kappa shape index (κ2) is 9.47. The van der Waals surface area contributed by atoms with Crippen molar-refractivity contribution in [2.45, 2.75) is 63.4 Å². The quantitative estimate of drug-likeness (QED) is 0.742. The Hall–Kier alpha value is -1.93. The molecule has 8 heteroatoms. The second-order valence-electron chi connectivity index (χ2n) is 8.73. The molecular weight excluding hydrogens is 402 g/mol. The number of piperidine rings is 1. The average Bonchev–Trinajstić information content (AvgIpc) is 3.24. The summed E-state index contributed by atoms with van der Waals surface area (Å²) in [5.74, 6) is 0.192. The highest BCUT2D eigenvalue weighted by molar-refractivity contribution is 7.89. The molecule has 2 saturated heterocycles. The third-order valence-corrected chi connectivity index (χ3v) is 8.31. The van der Waals surface area contributed by atoms with E-state index in [1.807, 2.05) is 6.92 Å². The zero-order chi connectivity index (χ0) is 21.9. The van der Waals surface area contributed by atoms with E-state index in [0.717, 1.165) is 0 Å². The highest BCUT2D eigenvalue weighted by Crippen LogP contribution is 2.28. The molecule has 1 aromatic rings. The summed E-state index contributed by atoms with van der Waals surface area (Å²) in [6.45, 7) is 7.49. The molecule has 0 spiro atoms. The highest BCUT2D eigenvalue weighted by Gasteiger charge is 2.42. The third kappa shape index (κ3) is 4.86. The standard InChI is InChI=1S/C22H33N3O4S/c1-16(2)17(3)23-21(26)18-11-14-24(15-12-18)22(27)20-10-7-13-25(20)30(28,29)19-8-5-4-6-9-19/h4-6,8-9,16-18,20H,7,10-15H2,1-3H3,(H,23,26). The van der Waals surface area contributed by atoms with Crippen molar-refractivity contribution in [3.63, 3.8) is 0 Å². The fraction of sp³-hybridized carbons (Fsp3) is 0.636. The number of benzene rings is 1. The van der Waals surface area contributed by atoms with Crippen LogP contribution < -0.4 is 5.32 Å². The normalized spacial score (nSPS) is 22.3. The minimum absolute atomic E-state index is 0.0532. The van der Waals surface area contributed by atoms with Crippen LogP contribution in [-0.2, 0) is 19.6 Å². The molecule has 3 rings (SSSR count). The van der Waals surface area contributed by atoms with E-state index in [4.69, 9.17) is 0 Å². The van der Waals surface area contributed by atoms with Crippen LogP contribution in [0.4, 0.5) is 0 Å². The number of likely N-dealkylation sites (tertiary alicyclic amines) is 1. The summed E-state index contributed by atoms with van der Waals surface area (Å²) in [5, 5.41) is 3.06. The molecule has 1 N–H and O–H groups in total. The van der Waals surface area contributed by atoms with E-state index >= 15 is 0 Å². The van der Waals surface area contributed by atoms with Crippen molar-refractivity contribution in [3.8, 4) is 0 Å². The summed E-state index contributed by atoms with van der Waals surface area (Å²) in [6, 6.07) is 7.75. The molecule has 2 fully saturated rings. The van der Waals surface area contributed by atoms with E-state index in [9.17, 15) is 18.0 Å². The maximum Gasteiger partial charge on any atom is 0.243 e. The second-order valence-corrected chi connectivity index (χ2v) is 10.6. The van der Waals surface area contributed by atoms with Crippen LogP contribution in [0.5, 0.6) is 0 Å². The van der Waals surface area contributed by atoms with Gasteiger partial charge in [0.1, 0.15) is 6.04 Å². The molecular formula is C22H33N3O4S. The van der Waals surface area contributed by atoms with Crippen molar-refractivity contribution in [1.82, 2.24) is 14.5 Å². The molecule has 7 nitrogen and oxygen atoms in total. The summed E-state index contributed by atoms with van der Waals surface area (Å²) < 4.78 is 27.4. The smallest absolute Gasteiger partial charge is 0.243 e. The summed E-state index contributed by atoms with van der Waals surface area (Å²) in [6.07, 6.45) is 2.44. The topological polar surface area (TPSA) is 86.8 Å². The molecule has 0 bridgehead atoms. The zero-order valence-corrected chi connectivity index (χ0v) is 18.9. The lowest BCUT2D eigenvalue weighted by molar-refractivity contribution is -0.138. The fourth-order valence-corrected chi connectivity index (χ4v) is 5.76. The Morgan fingerprint density at radius 3 is 2.23 bits per heavy atom. The van der Waals surface area contributed by atoms with Gasteiger partial charge in [-0.05, 0) is 50.7 Å². The number of rotatable bonds is 6.